The first-order valence-corrected chi connectivity index (χ1v) is 7.89. The summed E-state index contributed by atoms with van der Waals surface area (Å²) in [7, 11) is 0. The van der Waals surface area contributed by atoms with Crippen LogP contribution < -0.4 is 0 Å². The van der Waals surface area contributed by atoms with E-state index in [1.54, 1.807) is 6.33 Å². The molecule has 0 saturated carbocycles. The fraction of sp³-hybridized carbons (Fsp3) is 0.111. The van der Waals surface area contributed by atoms with Crippen LogP contribution in [0.4, 0.5) is 0 Å². The highest BCUT2D eigenvalue weighted by atomic mass is 35.5. The largest absolute Gasteiger partial charge is 0.346 e. The summed E-state index contributed by atoms with van der Waals surface area (Å²) in [5.41, 5.74) is 5.19. The number of aromatic amines is 1. The number of aromatic nitrogens is 4. The maximum Gasteiger partial charge on any atom is 0.141 e. The van der Waals surface area contributed by atoms with Gasteiger partial charge in [0.15, 0.2) is 0 Å². The topological polar surface area (TPSA) is 46.5 Å². The molecular formula is C18H15ClN4. The maximum atomic E-state index is 6.17. The Kier molecular flexibility index (Phi) is 3.39. The lowest BCUT2D eigenvalue weighted by atomic mass is 10.1. The van der Waals surface area contributed by atoms with Crippen LogP contribution in [-0.4, -0.2) is 19.5 Å². The maximum absolute atomic E-state index is 6.17. The standard InChI is InChI=1S/C18H15ClN4/c1-2-12-3-4-14(19)9-16(12)23-8-6-13(10-23)17-15-5-7-20-18(15)22-11-21-17/h3-11H,2H2,1H3,(H,20,21,22). The molecule has 0 bridgehead atoms. The molecule has 4 nitrogen and oxygen atoms in total. The highest BCUT2D eigenvalue weighted by Crippen LogP contribution is 2.28. The summed E-state index contributed by atoms with van der Waals surface area (Å²) in [4.78, 5) is 11.8. The van der Waals surface area contributed by atoms with Crippen LogP contribution in [0.1, 0.15) is 12.5 Å². The Morgan fingerprint density at radius 3 is 2.96 bits per heavy atom. The third-order valence-corrected chi connectivity index (χ3v) is 4.26. The molecule has 23 heavy (non-hydrogen) atoms. The molecule has 3 heterocycles. The zero-order valence-corrected chi connectivity index (χ0v) is 13.4. The number of nitrogens with one attached hydrogen (secondary N) is 1. The Morgan fingerprint density at radius 1 is 1.17 bits per heavy atom. The monoisotopic (exact) mass is 322 g/mol. The fourth-order valence-corrected chi connectivity index (χ4v) is 3.03. The summed E-state index contributed by atoms with van der Waals surface area (Å²) in [5.74, 6) is 0. The molecule has 0 aliphatic heterocycles. The minimum absolute atomic E-state index is 0.738. The molecule has 3 aromatic heterocycles. The van der Waals surface area contributed by atoms with Crippen LogP contribution >= 0.6 is 11.6 Å². The van der Waals surface area contributed by atoms with E-state index in [0.717, 1.165) is 39.4 Å². The molecule has 4 aromatic rings. The second-order valence-electron chi connectivity index (χ2n) is 5.40. The van der Waals surface area contributed by atoms with Crippen LogP contribution in [0.3, 0.4) is 0 Å². The van der Waals surface area contributed by atoms with Crippen molar-refractivity contribution >= 4 is 22.6 Å². The highest BCUT2D eigenvalue weighted by molar-refractivity contribution is 6.30. The summed E-state index contributed by atoms with van der Waals surface area (Å²) >= 11 is 6.17. The van der Waals surface area contributed by atoms with E-state index in [9.17, 15) is 0 Å². The molecule has 0 amide bonds. The van der Waals surface area contributed by atoms with Gasteiger partial charge in [0.25, 0.3) is 0 Å². The van der Waals surface area contributed by atoms with Gasteiger partial charge in [-0.1, -0.05) is 24.6 Å². The van der Waals surface area contributed by atoms with Crippen LogP contribution in [0.5, 0.6) is 0 Å². The number of hydrogen-bond acceptors (Lipinski definition) is 2. The van der Waals surface area contributed by atoms with E-state index in [2.05, 4.69) is 44.8 Å². The van der Waals surface area contributed by atoms with E-state index in [0.29, 0.717) is 0 Å². The molecule has 1 N–H and O–H groups in total. The number of fused-ring (bicyclic) bond motifs is 1. The summed E-state index contributed by atoms with van der Waals surface area (Å²) in [6, 6.07) is 10.1. The van der Waals surface area contributed by atoms with Gasteiger partial charge in [-0.3, -0.25) is 0 Å². The third-order valence-electron chi connectivity index (χ3n) is 4.03. The fourth-order valence-electron chi connectivity index (χ4n) is 2.87. The molecule has 0 spiro atoms. The minimum atomic E-state index is 0.738. The lowest BCUT2D eigenvalue weighted by Gasteiger charge is -2.09. The van der Waals surface area contributed by atoms with Gasteiger partial charge in [-0.05, 0) is 36.2 Å². The van der Waals surface area contributed by atoms with Gasteiger partial charge in [0.05, 0.1) is 5.69 Å². The number of halogens is 1. The van der Waals surface area contributed by atoms with Crippen LogP contribution in [-0.2, 0) is 6.42 Å². The van der Waals surface area contributed by atoms with Crippen LogP contribution in [0, 0.1) is 0 Å². The molecule has 0 aliphatic rings. The van der Waals surface area contributed by atoms with E-state index in [1.807, 2.05) is 30.6 Å². The first-order valence-electron chi connectivity index (χ1n) is 7.51. The minimum Gasteiger partial charge on any atom is -0.346 e. The zero-order chi connectivity index (χ0) is 15.8. The molecule has 5 heteroatoms. The smallest absolute Gasteiger partial charge is 0.141 e. The molecule has 0 fully saturated rings. The van der Waals surface area contributed by atoms with Crippen molar-refractivity contribution in [2.75, 3.05) is 0 Å². The molecule has 0 aliphatic carbocycles. The number of rotatable bonds is 3. The van der Waals surface area contributed by atoms with Crippen molar-refractivity contribution in [2.45, 2.75) is 13.3 Å². The van der Waals surface area contributed by atoms with Crippen molar-refractivity contribution in [1.29, 1.82) is 0 Å². The Hall–Kier alpha value is -2.59. The Bertz CT molecular complexity index is 984. The van der Waals surface area contributed by atoms with Crippen molar-refractivity contribution < 1.29 is 0 Å². The van der Waals surface area contributed by atoms with E-state index >= 15 is 0 Å². The summed E-state index contributed by atoms with van der Waals surface area (Å²) in [6.45, 7) is 2.14. The van der Waals surface area contributed by atoms with Crippen molar-refractivity contribution in [3.8, 4) is 16.9 Å². The predicted molar refractivity (Wildman–Crippen MR) is 93.0 cm³/mol. The molecule has 0 atom stereocenters. The number of hydrogen-bond donors (Lipinski definition) is 1. The molecule has 0 radical (unpaired) electrons. The van der Waals surface area contributed by atoms with Crippen molar-refractivity contribution in [1.82, 2.24) is 19.5 Å². The Morgan fingerprint density at radius 2 is 2.09 bits per heavy atom. The molecule has 4 rings (SSSR count). The average molecular weight is 323 g/mol. The van der Waals surface area contributed by atoms with Gasteiger partial charge in [0, 0.05) is 40.3 Å². The second-order valence-corrected chi connectivity index (χ2v) is 5.83. The normalized spacial score (nSPS) is 11.2. The van der Waals surface area contributed by atoms with Gasteiger partial charge in [-0.15, -0.1) is 0 Å². The number of nitrogens with zero attached hydrogens (tertiary/aromatic N) is 3. The predicted octanol–water partition coefficient (Wildman–Crippen LogP) is 4.63. The first-order chi connectivity index (χ1) is 11.3. The zero-order valence-electron chi connectivity index (χ0n) is 12.6. The van der Waals surface area contributed by atoms with Gasteiger partial charge in [0.1, 0.15) is 12.0 Å². The highest BCUT2D eigenvalue weighted by Gasteiger charge is 2.10. The molecule has 0 unspecified atom stereocenters. The lowest BCUT2D eigenvalue weighted by molar-refractivity contribution is 1.02. The molecule has 1 aromatic carbocycles. The van der Waals surface area contributed by atoms with Gasteiger partial charge >= 0.3 is 0 Å². The Balaban J connectivity index is 1.84. The SMILES string of the molecule is CCc1ccc(Cl)cc1-n1ccc(-c2ncnc3[nH]ccc23)c1. The lowest BCUT2D eigenvalue weighted by Crippen LogP contribution is -1.96. The van der Waals surface area contributed by atoms with E-state index < -0.39 is 0 Å². The third kappa shape index (κ3) is 2.41. The van der Waals surface area contributed by atoms with E-state index in [1.165, 1.54) is 5.56 Å². The van der Waals surface area contributed by atoms with Crippen molar-refractivity contribution in [3.05, 3.63) is 65.8 Å². The quantitative estimate of drug-likeness (QED) is 0.597. The first kappa shape index (κ1) is 14.0. The molecule has 0 saturated heterocycles. The van der Waals surface area contributed by atoms with Gasteiger partial charge in [0.2, 0.25) is 0 Å². The van der Waals surface area contributed by atoms with Crippen LogP contribution in [0.2, 0.25) is 5.02 Å². The Labute approximate surface area is 138 Å². The molecular weight excluding hydrogens is 308 g/mol. The second kappa shape index (κ2) is 5.56. The molecule has 114 valence electrons. The van der Waals surface area contributed by atoms with Crippen molar-refractivity contribution in [2.24, 2.45) is 0 Å². The van der Waals surface area contributed by atoms with Crippen molar-refractivity contribution in [3.63, 3.8) is 0 Å². The van der Waals surface area contributed by atoms with E-state index in [4.69, 9.17) is 11.6 Å². The average Bonchev–Trinajstić information content (AvgIpc) is 3.23. The summed E-state index contributed by atoms with van der Waals surface area (Å²) < 4.78 is 2.10. The van der Waals surface area contributed by atoms with E-state index in [-0.39, 0.29) is 0 Å². The number of aryl methyl sites for hydroxylation is 1. The number of H-pyrrole nitrogens is 1. The van der Waals surface area contributed by atoms with Gasteiger partial charge < -0.3 is 9.55 Å². The summed E-state index contributed by atoms with van der Waals surface area (Å²) in [6.07, 6.45) is 8.55. The van der Waals surface area contributed by atoms with Crippen LogP contribution in [0.25, 0.3) is 28.0 Å². The summed E-state index contributed by atoms with van der Waals surface area (Å²) in [5, 5.41) is 1.76. The number of benzene rings is 1. The van der Waals surface area contributed by atoms with Gasteiger partial charge in [-0.2, -0.15) is 0 Å². The van der Waals surface area contributed by atoms with Gasteiger partial charge in [-0.25, -0.2) is 9.97 Å². The van der Waals surface area contributed by atoms with Crippen LogP contribution in [0.15, 0.2) is 55.2 Å².